The van der Waals surface area contributed by atoms with Crippen molar-refractivity contribution in [2.24, 2.45) is 0 Å². The Hall–Kier alpha value is -3.97. The molecule has 32 heavy (non-hydrogen) atoms. The number of anilines is 1. The van der Waals surface area contributed by atoms with Crippen LogP contribution in [0.1, 0.15) is 49.6 Å². The van der Waals surface area contributed by atoms with Gasteiger partial charge in [-0.1, -0.05) is 11.3 Å². The van der Waals surface area contributed by atoms with Crippen molar-refractivity contribution in [2.45, 2.75) is 18.9 Å². The number of amides is 2. The summed E-state index contributed by atoms with van der Waals surface area (Å²) in [6.45, 7) is 0.757. The molecule has 0 saturated carbocycles. The number of ether oxygens (including phenoxy) is 2. The summed E-state index contributed by atoms with van der Waals surface area (Å²) >= 11 is 1.18. The van der Waals surface area contributed by atoms with Crippen molar-refractivity contribution >= 4 is 28.8 Å². The standard InChI is InChI=1S/C22H17N5O4S/c23-11-13-3-5-14(6-4-13)22(29)27-9-1-2-16(27)20-25-26-21(32-20)19(28)24-15-7-8-17-18(10-15)31-12-30-17/h3-8,10,16H,1-2,9,12H2,(H,24,28)/t16-/m0/s1. The zero-order valence-electron chi connectivity index (χ0n) is 16.8. The minimum Gasteiger partial charge on any atom is -0.454 e. The molecular weight excluding hydrogens is 430 g/mol. The van der Waals surface area contributed by atoms with Gasteiger partial charge >= 0.3 is 0 Å². The molecule has 1 atom stereocenters. The van der Waals surface area contributed by atoms with E-state index >= 15 is 0 Å². The predicted octanol–water partition coefficient (Wildman–Crippen LogP) is 3.37. The number of hydrogen-bond donors (Lipinski definition) is 1. The van der Waals surface area contributed by atoms with Gasteiger partial charge in [0.2, 0.25) is 11.8 Å². The van der Waals surface area contributed by atoms with E-state index < -0.39 is 0 Å². The third kappa shape index (κ3) is 3.74. The normalized spacial score (nSPS) is 16.6. The van der Waals surface area contributed by atoms with Gasteiger partial charge < -0.3 is 19.7 Å². The van der Waals surface area contributed by atoms with Gasteiger partial charge in [0, 0.05) is 23.9 Å². The molecule has 160 valence electrons. The van der Waals surface area contributed by atoms with Crippen molar-refractivity contribution in [3.63, 3.8) is 0 Å². The lowest BCUT2D eigenvalue weighted by Gasteiger charge is -2.22. The Morgan fingerprint density at radius 2 is 1.94 bits per heavy atom. The highest BCUT2D eigenvalue weighted by Crippen LogP contribution is 2.36. The average molecular weight is 447 g/mol. The fourth-order valence-corrected chi connectivity index (χ4v) is 4.63. The van der Waals surface area contributed by atoms with E-state index in [1.807, 2.05) is 6.07 Å². The van der Waals surface area contributed by atoms with Crippen LogP contribution in [-0.2, 0) is 0 Å². The topological polar surface area (TPSA) is 117 Å². The molecule has 2 aliphatic rings. The molecule has 0 bridgehead atoms. The average Bonchev–Trinajstić information content (AvgIpc) is 3.58. The maximum absolute atomic E-state index is 13.0. The number of rotatable bonds is 4. The van der Waals surface area contributed by atoms with E-state index in [9.17, 15) is 9.59 Å². The third-order valence-corrected chi connectivity index (χ3v) is 6.35. The maximum atomic E-state index is 13.0. The van der Waals surface area contributed by atoms with Gasteiger partial charge in [0.05, 0.1) is 17.7 Å². The molecule has 5 rings (SSSR count). The zero-order valence-corrected chi connectivity index (χ0v) is 17.6. The number of nitriles is 1. The summed E-state index contributed by atoms with van der Waals surface area (Å²) in [6.07, 6.45) is 1.59. The molecule has 1 fully saturated rings. The minimum atomic E-state index is -0.379. The van der Waals surface area contributed by atoms with E-state index in [1.165, 1.54) is 11.3 Å². The molecule has 10 heteroatoms. The van der Waals surface area contributed by atoms with E-state index in [2.05, 4.69) is 15.5 Å². The highest BCUT2D eigenvalue weighted by Gasteiger charge is 2.33. The van der Waals surface area contributed by atoms with Crippen molar-refractivity contribution in [3.8, 4) is 17.6 Å². The van der Waals surface area contributed by atoms with Gasteiger partial charge in [-0.25, -0.2) is 0 Å². The fraction of sp³-hybridized carbons (Fsp3) is 0.227. The number of carbonyl (C=O) groups excluding carboxylic acids is 2. The van der Waals surface area contributed by atoms with Crippen LogP contribution in [0.5, 0.6) is 11.5 Å². The van der Waals surface area contributed by atoms with Crippen LogP contribution in [0.2, 0.25) is 0 Å². The smallest absolute Gasteiger partial charge is 0.286 e. The predicted molar refractivity (Wildman–Crippen MR) is 115 cm³/mol. The van der Waals surface area contributed by atoms with Crippen molar-refractivity contribution in [1.82, 2.24) is 15.1 Å². The van der Waals surface area contributed by atoms with Crippen molar-refractivity contribution < 1.29 is 19.1 Å². The van der Waals surface area contributed by atoms with Crippen LogP contribution in [-0.4, -0.2) is 40.2 Å². The van der Waals surface area contributed by atoms with Crippen LogP contribution >= 0.6 is 11.3 Å². The molecule has 2 aliphatic heterocycles. The summed E-state index contributed by atoms with van der Waals surface area (Å²) in [7, 11) is 0. The quantitative estimate of drug-likeness (QED) is 0.651. The minimum absolute atomic E-state index is 0.126. The Bertz CT molecular complexity index is 1230. The second-order valence-electron chi connectivity index (χ2n) is 7.31. The van der Waals surface area contributed by atoms with Crippen LogP contribution in [0.25, 0.3) is 0 Å². The summed E-state index contributed by atoms with van der Waals surface area (Å²) in [5, 5.41) is 20.8. The van der Waals surface area contributed by atoms with Crippen LogP contribution in [0.3, 0.4) is 0 Å². The lowest BCUT2D eigenvalue weighted by molar-refractivity contribution is 0.0735. The van der Waals surface area contributed by atoms with E-state index in [1.54, 1.807) is 47.4 Å². The summed E-state index contributed by atoms with van der Waals surface area (Å²) in [6, 6.07) is 13.5. The molecule has 2 aromatic carbocycles. The molecule has 1 aromatic heterocycles. The maximum Gasteiger partial charge on any atom is 0.286 e. The Kier molecular flexibility index (Phi) is 5.17. The molecule has 0 spiro atoms. The van der Waals surface area contributed by atoms with Gasteiger partial charge in [-0.2, -0.15) is 5.26 Å². The Balaban J connectivity index is 1.30. The molecule has 9 nitrogen and oxygen atoms in total. The third-order valence-electron chi connectivity index (χ3n) is 5.32. The molecule has 2 amide bonds. The van der Waals surface area contributed by atoms with Crippen LogP contribution < -0.4 is 14.8 Å². The molecule has 1 saturated heterocycles. The van der Waals surface area contributed by atoms with Crippen molar-refractivity contribution in [2.75, 3.05) is 18.7 Å². The lowest BCUT2D eigenvalue weighted by Crippen LogP contribution is -2.30. The molecule has 0 radical (unpaired) electrons. The summed E-state index contributed by atoms with van der Waals surface area (Å²) in [5.41, 5.74) is 1.58. The Morgan fingerprint density at radius 3 is 2.75 bits per heavy atom. The van der Waals surface area contributed by atoms with Gasteiger partial charge in [0.25, 0.3) is 11.8 Å². The van der Waals surface area contributed by atoms with Gasteiger partial charge in [0.15, 0.2) is 11.5 Å². The van der Waals surface area contributed by atoms with Crippen LogP contribution in [0.15, 0.2) is 42.5 Å². The molecule has 3 heterocycles. The highest BCUT2D eigenvalue weighted by atomic mass is 32.1. The zero-order chi connectivity index (χ0) is 22.1. The fourth-order valence-electron chi connectivity index (χ4n) is 3.74. The van der Waals surface area contributed by atoms with Gasteiger partial charge in [0.1, 0.15) is 5.01 Å². The lowest BCUT2D eigenvalue weighted by atomic mass is 10.1. The first-order valence-electron chi connectivity index (χ1n) is 9.98. The molecular formula is C22H17N5O4S. The number of likely N-dealkylation sites (tertiary alicyclic amines) is 1. The highest BCUT2D eigenvalue weighted by molar-refractivity contribution is 7.13. The molecule has 1 N–H and O–H groups in total. The van der Waals surface area contributed by atoms with Crippen molar-refractivity contribution in [1.29, 1.82) is 5.26 Å². The number of benzene rings is 2. The molecule has 0 aliphatic carbocycles. The van der Waals surface area contributed by atoms with Crippen molar-refractivity contribution in [3.05, 3.63) is 63.6 Å². The van der Waals surface area contributed by atoms with E-state index in [0.717, 1.165) is 12.8 Å². The first-order valence-corrected chi connectivity index (χ1v) is 10.8. The number of carbonyl (C=O) groups is 2. The van der Waals surface area contributed by atoms with E-state index in [0.29, 0.717) is 39.9 Å². The Morgan fingerprint density at radius 1 is 1.12 bits per heavy atom. The first-order chi connectivity index (χ1) is 15.6. The van der Waals surface area contributed by atoms with Crippen LogP contribution in [0.4, 0.5) is 5.69 Å². The summed E-state index contributed by atoms with van der Waals surface area (Å²) in [4.78, 5) is 27.4. The summed E-state index contributed by atoms with van der Waals surface area (Å²) < 4.78 is 10.6. The summed E-state index contributed by atoms with van der Waals surface area (Å²) in [5.74, 6) is 0.701. The van der Waals surface area contributed by atoms with Crippen LogP contribution in [0, 0.1) is 11.3 Å². The number of aromatic nitrogens is 2. The van der Waals surface area contributed by atoms with Gasteiger partial charge in [-0.3, -0.25) is 9.59 Å². The first kappa shape index (κ1) is 20.0. The Labute approximate surface area is 187 Å². The monoisotopic (exact) mass is 447 g/mol. The van der Waals surface area contributed by atoms with Gasteiger partial charge in [-0.05, 0) is 49.2 Å². The van der Waals surface area contributed by atoms with E-state index in [-0.39, 0.29) is 29.7 Å². The van der Waals surface area contributed by atoms with E-state index in [4.69, 9.17) is 14.7 Å². The second kappa shape index (κ2) is 8.28. The number of nitrogens with zero attached hydrogens (tertiary/aromatic N) is 4. The molecule has 0 unspecified atom stereocenters. The second-order valence-corrected chi connectivity index (χ2v) is 8.32. The number of fused-ring (bicyclic) bond motifs is 1. The molecule has 3 aromatic rings. The number of nitrogens with one attached hydrogen (secondary N) is 1. The SMILES string of the molecule is N#Cc1ccc(C(=O)N2CCC[C@H]2c2nnc(C(=O)Nc3ccc4c(c3)OCO4)s2)cc1. The number of hydrogen-bond acceptors (Lipinski definition) is 8. The van der Waals surface area contributed by atoms with Gasteiger partial charge in [-0.15, -0.1) is 10.2 Å². The largest absolute Gasteiger partial charge is 0.454 e.